The van der Waals surface area contributed by atoms with Crippen molar-refractivity contribution in [3.8, 4) is 0 Å². The molecule has 0 heterocycles. The number of nitrogens with zero attached hydrogens (tertiary/aromatic N) is 1. The molecule has 0 radical (unpaired) electrons. The highest BCUT2D eigenvalue weighted by molar-refractivity contribution is 6.68. The van der Waals surface area contributed by atoms with Crippen LogP contribution < -0.4 is 0 Å². The largest absolute Gasteiger partial charge is 0.361 e. The summed E-state index contributed by atoms with van der Waals surface area (Å²) in [6.07, 6.45) is 0. The molecule has 0 fully saturated rings. The van der Waals surface area contributed by atoms with E-state index in [1.54, 1.807) is 0 Å². The number of carbonyl (C=O) groups excluding carboxylic acids is 1. The van der Waals surface area contributed by atoms with Gasteiger partial charge in [0, 0.05) is 6.92 Å². The van der Waals surface area contributed by atoms with Gasteiger partial charge in [-0.3, -0.25) is 4.84 Å². The Balaban J connectivity index is 4.80. The van der Waals surface area contributed by atoms with E-state index in [1.807, 2.05) is 0 Å². The average Bonchev–Trinajstić information content (AvgIpc) is 1.97. The van der Waals surface area contributed by atoms with Gasteiger partial charge in [-0.05, 0) is 33.5 Å². The lowest BCUT2D eigenvalue weighted by Crippen LogP contribution is -2.63. The van der Waals surface area contributed by atoms with E-state index in [0.29, 0.717) is 4.31 Å². The summed E-state index contributed by atoms with van der Waals surface area (Å²) < 4.78 is 0.530. The van der Waals surface area contributed by atoms with Crippen LogP contribution in [-0.2, 0) is 9.63 Å². The monoisotopic (exact) mass is 204 g/mol. The van der Waals surface area contributed by atoms with Crippen LogP contribution in [0.25, 0.3) is 0 Å². The lowest BCUT2D eigenvalue weighted by molar-refractivity contribution is -1.01. The quantitative estimate of drug-likeness (QED) is 0.518. The Kier molecular flexibility index (Phi) is 4.12. The Bertz CT molecular complexity index is 183. The van der Waals surface area contributed by atoms with Crippen LogP contribution in [0.5, 0.6) is 0 Å². The number of rotatable bonds is 4. The molecule has 0 spiro atoms. The van der Waals surface area contributed by atoms with E-state index in [4.69, 9.17) is 4.84 Å². The molecule has 0 aromatic heterocycles. The third-order valence-corrected chi connectivity index (χ3v) is 5.72. The van der Waals surface area contributed by atoms with Gasteiger partial charge in [-0.2, -0.15) is 4.31 Å². The van der Waals surface area contributed by atoms with Crippen LogP contribution in [0.4, 0.5) is 0 Å². The molecule has 4 heteroatoms. The van der Waals surface area contributed by atoms with E-state index in [1.165, 1.54) is 6.92 Å². The van der Waals surface area contributed by atoms with Crippen LogP contribution in [0.2, 0.25) is 19.6 Å². The Morgan fingerprint density at radius 2 is 1.62 bits per heavy atom. The fourth-order valence-electron chi connectivity index (χ4n) is 1.68. The zero-order valence-electron chi connectivity index (χ0n) is 9.68. The fraction of sp³-hybridized carbons (Fsp3) is 0.889. The molecule has 78 valence electrons. The third kappa shape index (κ3) is 2.81. The summed E-state index contributed by atoms with van der Waals surface area (Å²) in [5.41, 5.74) is 0. The smallest absolute Gasteiger partial charge is 0.296 e. The molecule has 0 N–H and O–H groups in total. The van der Waals surface area contributed by atoms with Gasteiger partial charge in [-0.15, -0.1) is 0 Å². The summed E-state index contributed by atoms with van der Waals surface area (Å²) in [5, 5.41) is 0. The number of quaternary nitrogens is 1. The van der Waals surface area contributed by atoms with Gasteiger partial charge in [0.1, 0.15) is 0 Å². The highest BCUT2D eigenvalue weighted by atomic mass is 28.3. The molecule has 0 amide bonds. The normalized spacial score (nSPS) is 12.8. The van der Waals surface area contributed by atoms with Crippen molar-refractivity contribution in [2.45, 2.75) is 40.4 Å². The molecule has 13 heavy (non-hydrogen) atoms. The van der Waals surface area contributed by atoms with Crippen molar-refractivity contribution in [2.75, 3.05) is 13.1 Å². The van der Waals surface area contributed by atoms with Crippen LogP contribution in [0.15, 0.2) is 0 Å². The first-order chi connectivity index (χ1) is 5.79. The molecule has 0 aromatic rings. The molecule has 0 rings (SSSR count). The second-order valence-electron chi connectivity index (χ2n) is 4.28. The van der Waals surface area contributed by atoms with Gasteiger partial charge in [0.05, 0.1) is 13.1 Å². The van der Waals surface area contributed by atoms with Gasteiger partial charge >= 0.3 is 14.2 Å². The van der Waals surface area contributed by atoms with Crippen molar-refractivity contribution in [1.82, 2.24) is 0 Å². The van der Waals surface area contributed by atoms with Gasteiger partial charge in [0.15, 0.2) is 0 Å². The van der Waals surface area contributed by atoms with E-state index >= 15 is 0 Å². The number of carbonyl (C=O) groups is 1. The maximum Gasteiger partial charge on any atom is 0.361 e. The Labute approximate surface area is 82.3 Å². The van der Waals surface area contributed by atoms with Crippen LogP contribution in [-0.4, -0.2) is 31.6 Å². The third-order valence-electron chi connectivity index (χ3n) is 2.55. The second-order valence-corrected chi connectivity index (χ2v) is 9.43. The fourth-order valence-corrected chi connectivity index (χ4v) is 3.98. The molecule has 0 aliphatic rings. The van der Waals surface area contributed by atoms with Gasteiger partial charge in [-0.1, -0.05) is 0 Å². The lowest BCUT2D eigenvalue weighted by Gasteiger charge is -2.42. The standard InChI is InChI=1S/C9H22NO2Si/c1-7-10(8-2,12-9(3)11)13(4,5)6/h7-8H2,1-6H3/q+1. The SMILES string of the molecule is CC[N+](CC)(OC(C)=O)[Si](C)(C)C. The minimum atomic E-state index is -1.51. The van der Waals surface area contributed by atoms with Crippen molar-refractivity contribution in [2.24, 2.45) is 0 Å². The Morgan fingerprint density at radius 3 is 1.69 bits per heavy atom. The van der Waals surface area contributed by atoms with Gasteiger partial charge < -0.3 is 0 Å². The highest BCUT2D eigenvalue weighted by Gasteiger charge is 2.45. The zero-order valence-corrected chi connectivity index (χ0v) is 10.7. The first-order valence-electron chi connectivity index (χ1n) is 4.86. The molecule has 0 bridgehead atoms. The number of hydrogen-bond acceptors (Lipinski definition) is 2. The van der Waals surface area contributed by atoms with Gasteiger partial charge in [0.2, 0.25) is 0 Å². The predicted octanol–water partition coefficient (Wildman–Crippen LogP) is 2.16. The van der Waals surface area contributed by atoms with Crippen LogP contribution in [0.1, 0.15) is 20.8 Å². The van der Waals surface area contributed by atoms with E-state index in [9.17, 15) is 4.79 Å². The van der Waals surface area contributed by atoms with E-state index in [-0.39, 0.29) is 5.97 Å². The molecule has 0 unspecified atom stereocenters. The summed E-state index contributed by atoms with van der Waals surface area (Å²) >= 11 is 0. The molecular formula is C9H22NO2Si+. The van der Waals surface area contributed by atoms with Crippen molar-refractivity contribution in [3.05, 3.63) is 0 Å². The summed E-state index contributed by atoms with van der Waals surface area (Å²) in [6, 6.07) is 0. The van der Waals surface area contributed by atoms with E-state index in [2.05, 4.69) is 33.5 Å². The van der Waals surface area contributed by atoms with Crippen LogP contribution in [0, 0.1) is 0 Å². The molecule has 0 saturated carbocycles. The van der Waals surface area contributed by atoms with E-state index in [0.717, 1.165) is 13.1 Å². The summed E-state index contributed by atoms with van der Waals surface area (Å²) in [7, 11) is -1.51. The minimum Gasteiger partial charge on any atom is -0.296 e. The molecule has 0 aromatic carbocycles. The summed E-state index contributed by atoms with van der Waals surface area (Å²) in [4.78, 5) is 16.5. The summed E-state index contributed by atoms with van der Waals surface area (Å²) in [6.45, 7) is 14.0. The van der Waals surface area contributed by atoms with Crippen molar-refractivity contribution >= 4 is 14.2 Å². The minimum absolute atomic E-state index is 0.175. The first-order valence-corrected chi connectivity index (χ1v) is 8.31. The Hall–Kier alpha value is -0.353. The number of hydrogen-bond donors (Lipinski definition) is 0. The molecule has 0 aliphatic heterocycles. The lowest BCUT2D eigenvalue weighted by atomic mass is 10.6. The molecule has 3 nitrogen and oxygen atoms in total. The first kappa shape index (κ1) is 12.6. The van der Waals surface area contributed by atoms with Crippen LogP contribution in [0.3, 0.4) is 0 Å². The molecule has 0 atom stereocenters. The van der Waals surface area contributed by atoms with Crippen molar-refractivity contribution in [1.29, 1.82) is 0 Å². The van der Waals surface area contributed by atoms with Crippen molar-refractivity contribution in [3.63, 3.8) is 0 Å². The average molecular weight is 204 g/mol. The second kappa shape index (κ2) is 4.24. The van der Waals surface area contributed by atoms with E-state index < -0.39 is 8.24 Å². The van der Waals surface area contributed by atoms with Gasteiger partial charge in [0.25, 0.3) is 0 Å². The predicted molar refractivity (Wildman–Crippen MR) is 56.5 cm³/mol. The maximum atomic E-state index is 11.0. The molecule has 0 aliphatic carbocycles. The van der Waals surface area contributed by atoms with Crippen molar-refractivity contribution < 1.29 is 13.9 Å². The number of hydroxylamine groups is 2. The Morgan fingerprint density at radius 1 is 1.23 bits per heavy atom. The maximum absolute atomic E-state index is 11.0. The topological polar surface area (TPSA) is 26.3 Å². The zero-order chi connectivity index (χ0) is 10.7. The summed E-state index contributed by atoms with van der Waals surface area (Å²) in [5.74, 6) is -0.175. The molecule has 0 saturated heterocycles. The highest BCUT2D eigenvalue weighted by Crippen LogP contribution is 2.21. The van der Waals surface area contributed by atoms with Crippen LogP contribution >= 0.6 is 0 Å². The molecular weight excluding hydrogens is 182 g/mol. The van der Waals surface area contributed by atoms with Gasteiger partial charge in [-0.25, -0.2) is 4.79 Å².